The van der Waals surface area contributed by atoms with E-state index in [1.807, 2.05) is 0 Å². The SMILES string of the molecule is O=C(c1ccc(=O)[nH]c1)N1CCc2oc(-c3cc(F)cc(F)c3)nc2C1. The van der Waals surface area contributed by atoms with Gasteiger partial charge >= 0.3 is 0 Å². The van der Waals surface area contributed by atoms with Crippen molar-refractivity contribution in [3.05, 3.63) is 75.5 Å². The van der Waals surface area contributed by atoms with Gasteiger partial charge in [0.1, 0.15) is 23.1 Å². The number of nitrogens with one attached hydrogen (secondary N) is 1. The number of aromatic nitrogens is 2. The Kier molecular flexibility index (Phi) is 3.87. The van der Waals surface area contributed by atoms with Crippen LogP contribution in [-0.4, -0.2) is 27.3 Å². The lowest BCUT2D eigenvalue weighted by atomic mass is 10.1. The van der Waals surface area contributed by atoms with Crippen LogP contribution in [0.25, 0.3) is 11.5 Å². The van der Waals surface area contributed by atoms with Gasteiger partial charge in [-0.3, -0.25) is 9.59 Å². The molecule has 132 valence electrons. The quantitative estimate of drug-likeness (QED) is 0.764. The molecule has 0 fully saturated rings. The Balaban J connectivity index is 1.59. The molecule has 8 heteroatoms. The fourth-order valence-electron chi connectivity index (χ4n) is 2.90. The van der Waals surface area contributed by atoms with Crippen molar-refractivity contribution in [1.82, 2.24) is 14.9 Å². The number of pyridine rings is 1. The number of hydrogen-bond donors (Lipinski definition) is 1. The van der Waals surface area contributed by atoms with Crippen molar-refractivity contribution >= 4 is 5.91 Å². The molecule has 4 rings (SSSR count). The van der Waals surface area contributed by atoms with Crippen LogP contribution in [0.2, 0.25) is 0 Å². The highest BCUT2D eigenvalue weighted by Gasteiger charge is 2.26. The molecule has 2 aromatic heterocycles. The molecule has 26 heavy (non-hydrogen) atoms. The van der Waals surface area contributed by atoms with Gasteiger partial charge in [0.15, 0.2) is 0 Å². The second kappa shape index (κ2) is 6.21. The monoisotopic (exact) mass is 357 g/mol. The van der Waals surface area contributed by atoms with Gasteiger partial charge in [0.2, 0.25) is 11.4 Å². The predicted molar refractivity (Wildman–Crippen MR) is 87.4 cm³/mol. The maximum absolute atomic E-state index is 13.4. The van der Waals surface area contributed by atoms with E-state index in [0.717, 1.165) is 18.2 Å². The molecule has 1 aromatic carbocycles. The second-order valence-electron chi connectivity index (χ2n) is 5.97. The molecular weight excluding hydrogens is 344 g/mol. The van der Waals surface area contributed by atoms with Gasteiger partial charge in [0, 0.05) is 36.9 Å². The fourth-order valence-corrected chi connectivity index (χ4v) is 2.90. The smallest absolute Gasteiger partial charge is 0.255 e. The van der Waals surface area contributed by atoms with Crippen LogP contribution < -0.4 is 5.56 Å². The molecule has 0 saturated carbocycles. The third-order valence-electron chi connectivity index (χ3n) is 4.16. The number of fused-ring (bicyclic) bond motifs is 1. The van der Waals surface area contributed by atoms with E-state index >= 15 is 0 Å². The molecule has 0 spiro atoms. The van der Waals surface area contributed by atoms with Gasteiger partial charge in [-0.25, -0.2) is 13.8 Å². The van der Waals surface area contributed by atoms with Crippen LogP contribution in [0.5, 0.6) is 0 Å². The number of rotatable bonds is 2. The first-order valence-corrected chi connectivity index (χ1v) is 7.92. The summed E-state index contributed by atoms with van der Waals surface area (Å²) in [4.78, 5) is 32.0. The molecule has 3 heterocycles. The Labute approximate surface area is 146 Å². The topological polar surface area (TPSA) is 79.2 Å². The molecule has 3 aromatic rings. The molecule has 0 radical (unpaired) electrons. The number of nitrogens with zero attached hydrogens (tertiary/aromatic N) is 2. The van der Waals surface area contributed by atoms with Crippen molar-refractivity contribution in [2.45, 2.75) is 13.0 Å². The van der Waals surface area contributed by atoms with E-state index in [2.05, 4.69) is 9.97 Å². The average molecular weight is 357 g/mol. The van der Waals surface area contributed by atoms with Gasteiger partial charge in [0.25, 0.3) is 5.91 Å². The summed E-state index contributed by atoms with van der Waals surface area (Å²) >= 11 is 0. The molecule has 1 amide bonds. The molecule has 6 nitrogen and oxygen atoms in total. The van der Waals surface area contributed by atoms with E-state index in [0.29, 0.717) is 30.0 Å². The molecule has 1 N–H and O–H groups in total. The summed E-state index contributed by atoms with van der Waals surface area (Å²) in [6.45, 7) is 0.631. The summed E-state index contributed by atoms with van der Waals surface area (Å²) in [6.07, 6.45) is 1.80. The summed E-state index contributed by atoms with van der Waals surface area (Å²) in [5.41, 5.74) is 0.832. The van der Waals surface area contributed by atoms with Crippen molar-refractivity contribution in [2.24, 2.45) is 0 Å². The van der Waals surface area contributed by atoms with Crippen LogP contribution >= 0.6 is 0 Å². The van der Waals surface area contributed by atoms with E-state index in [1.165, 1.54) is 18.3 Å². The zero-order valence-corrected chi connectivity index (χ0v) is 13.5. The summed E-state index contributed by atoms with van der Waals surface area (Å²) in [5, 5.41) is 0. The van der Waals surface area contributed by atoms with Crippen LogP contribution in [0.1, 0.15) is 21.8 Å². The van der Waals surface area contributed by atoms with Gasteiger partial charge < -0.3 is 14.3 Å². The summed E-state index contributed by atoms with van der Waals surface area (Å²) in [6, 6.07) is 5.81. The number of aromatic amines is 1. The van der Waals surface area contributed by atoms with Gasteiger partial charge in [-0.15, -0.1) is 0 Å². The molecule has 1 aliphatic rings. The number of hydrogen-bond acceptors (Lipinski definition) is 4. The molecule has 1 aliphatic heterocycles. The molecule has 0 atom stereocenters. The zero-order chi connectivity index (χ0) is 18.3. The third kappa shape index (κ3) is 3.01. The number of carbonyl (C=O) groups excluding carboxylic acids is 1. The zero-order valence-electron chi connectivity index (χ0n) is 13.5. The Morgan fingerprint density at radius 2 is 1.96 bits per heavy atom. The molecule has 0 bridgehead atoms. The number of benzene rings is 1. The van der Waals surface area contributed by atoms with Crippen molar-refractivity contribution < 1.29 is 18.0 Å². The summed E-state index contributed by atoms with van der Waals surface area (Å²) < 4.78 is 32.4. The Morgan fingerprint density at radius 3 is 2.65 bits per heavy atom. The minimum atomic E-state index is -0.717. The van der Waals surface area contributed by atoms with E-state index in [-0.39, 0.29) is 29.5 Å². The minimum Gasteiger partial charge on any atom is -0.441 e. The average Bonchev–Trinajstić information content (AvgIpc) is 3.04. The normalized spacial score (nSPS) is 13.5. The molecule has 0 aliphatic carbocycles. The molecular formula is C18H13F2N3O3. The van der Waals surface area contributed by atoms with Crippen LogP contribution in [0.4, 0.5) is 8.78 Å². The number of carbonyl (C=O) groups is 1. The van der Waals surface area contributed by atoms with Crippen molar-refractivity contribution in [3.63, 3.8) is 0 Å². The number of amides is 1. The van der Waals surface area contributed by atoms with E-state index in [9.17, 15) is 18.4 Å². The third-order valence-corrected chi connectivity index (χ3v) is 4.16. The van der Waals surface area contributed by atoms with Gasteiger partial charge in [-0.05, 0) is 18.2 Å². The lowest BCUT2D eigenvalue weighted by molar-refractivity contribution is 0.0727. The van der Waals surface area contributed by atoms with Gasteiger partial charge in [-0.1, -0.05) is 0 Å². The van der Waals surface area contributed by atoms with Crippen LogP contribution in [-0.2, 0) is 13.0 Å². The summed E-state index contributed by atoms with van der Waals surface area (Å²) in [5.74, 6) is -0.965. The highest BCUT2D eigenvalue weighted by atomic mass is 19.1. The number of H-pyrrole nitrogens is 1. The van der Waals surface area contributed by atoms with Crippen molar-refractivity contribution in [2.75, 3.05) is 6.54 Å². The first kappa shape index (κ1) is 16.2. The maximum Gasteiger partial charge on any atom is 0.255 e. The van der Waals surface area contributed by atoms with Crippen LogP contribution in [0.3, 0.4) is 0 Å². The maximum atomic E-state index is 13.4. The Hall–Kier alpha value is -3.29. The van der Waals surface area contributed by atoms with E-state index in [4.69, 9.17) is 4.42 Å². The predicted octanol–water partition coefficient (Wildman–Crippen LogP) is 2.51. The van der Waals surface area contributed by atoms with E-state index in [1.54, 1.807) is 4.90 Å². The fraction of sp³-hybridized carbons (Fsp3) is 0.167. The standard InChI is InChI=1S/C18H13F2N3O3/c19-12-5-11(6-13(20)7-12)17-22-14-9-23(4-3-15(14)26-17)18(25)10-1-2-16(24)21-8-10/h1-2,5-8H,3-4,9H2,(H,21,24). The first-order valence-electron chi connectivity index (χ1n) is 7.92. The number of oxazole rings is 1. The van der Waals surface area contributed by atoms with Gasteiger partial charge in [0.05, 0.1) is 12.1 Å². The van der Waals surface area contributed by atoms with Crippen molar-refractivity contribution in [3.8, 4) is 11.5 Å². The highest BCUT2D eigenvalue weighted by Crippen LogP contribution is 2.27. The van der Waals surface area contributed by atoms with Crippen LogP contribution in [0.15, 0.2) is 45.7 Å². The Bertz CT molecular complexity index is 1020. The summed E-state index contributed by atoms with van der Waals surface area (Å²) in [7, 11) is 0. The Morgan fingerprint density at radius 1 is 1.19 bits per heavy atom. The first-order chi connectivity index (χ1) is 12.5. The molecule has 0 saturated heterocycles. The highest BCUT2D eigenvalue weighted by molar-refractivity contribution is 5.93. The second-order valence-corrected chi connectivity index (χ2v) is 5.97. The van der Waals surface area contributed by atoms with Crippen LogP contribution in [0, 0.1) is 11.6 Å². The van der Waals surface area contributed by atoms with E-state index < -0.39 is 11.6 Å². The largest absolute Gasteiger partial charge is 0.441 e. The minimum absolute atomic E-state index is 0.117. The van der Waals surface area contributed by atoms with Crippen molar-refractivity contribution in [1.29, 1.82) is 0 Å². The lowest BCUT2D eigenvalue weighted by Crippen LogP contribution is -2.36. The lowest BCUT2D eigenvalue weighted by Gasteiger charge is -2.25. The van der Waals surface area contributed by atoms with Gasteiger partial charge in [-0.2, -0.15) is 0 Å². The number of halogens is 2. The molecule has 0 unspecified atom stereocenters.